The Morgan fingerprint density at radius 1 is 1.23 bits per heavy atom. The highest BCUT2D eigenvalue weighted by Crippen LogP contribution is 2.70. The van der Waals surface area contributed by atoms with Crippen molar-refractivity contribution in [2.75, 3.05) is 27.3 Å². The van der Waals surface area contributed by atoms with Gasteiger partial charge in [-0.25, -0.2) is 0 Å². The van der Waals surface area contributed by atoms with Gasteiger partial charge in [0.2, 0.25) is 0 Å². The van der Waals surface area contributed by atoms with E-state index in [4.69, 9.17) is 18.9 Å². The minimum Gasteiger partial charge on any atom is -0.493 e. The molecular weight excluding hydrogens is 394 g/mol. The van der Waals surface area contributed by atoms with Crippen LogP contribution < -0.4 is 14.8 Å². The number of methoxy groups -OCH3 is 2. The predicted octanol–water partition coefficient (Wildman–Crippen LogP) is 3.36. The summed E-state index contributed by atoms with van der Waals surface area (Å²) in [5, 5.41) is 3.51. The van der Waals surface area contributed by atoms with E-state index in [0.29, 0.717) is 12.5 Å². The number of hydrogen-bond acceptors (Lipinski definition) is 6. The Morgan fingerprint density at radius 3 is 2.81 bits per heavy atom. The first kappa shape index (κ1) is 21.1. The molecule has 7 atom stereocenters. The highest BCUT2D eigenvalue weighted by Gasteiger charge is 2.78. The topological polar surface area (TPSA) is 69.3 Å². The maximum Gasteiger partial charge on any atom is 0.311 e. The van der Waals surface area contributed by atoms with E-state index in [9.17, 15) is 4.79 Å². The SMILES string of the molecule is COc1ccc(CCNC[C@@H]2C(=O)O[C@@H]3C[C@@]4(C)CCC[C@@H](C)[C@@]45O[C@H]5[C@H]23)cc1OC. The van der Waals surface area contributed by atoms with Crippen LogP contribution in [-0.4, -0.2) is 51.1 Å². The van der Waals surface area contributed by atoms with E-state index in [1.54, 1.807) is 14.2 Å². The molecule has 2 saturated carbocycles. The highest BCUT2D eigenvalue weighted by atomic mass is 16.6. The summed E-state index contributed by atoms with van der Waals surface area (Å²) in [5.41, 5.74) is 1.29. The fourth-order valence-corrected chi connectivity index (χ4v) is 6.99. The summed E-state index contributed by atoms with van der Waals surface area (Å²) in [6, 6.07) is 5.99. The monoisotopic (exact) mass is 429 g/mol. The second kappa shape index (κ2) is 7.66. The van der Waals surface area contributed by atoms with Crippen molar-refractivity contribution in [2.45, 2.75) is 63.8 Å². The van der Waals surface area contributed by atoms with Crippen molar-refractivity contribution in [1.82, 2.24) is 5.32 Å². The van der Waals surface area contributed by atoms with E-state index in [1.807, 2.05) is 12.1 Å². The fraction of sp³-hybridized carbons (Fsp3) is 0.720. The summed E-state index contributed by atoms with van der Waals surface area (Å²) in [4.78, 5) is 12.8. The molecule has 4 fully saturated rings. The van der Waals surface area contributed by atoms with Crippen LogP contribution in [-0.2, 0) is 20.7 Å². The Hall–Kier alpha value is -1.79. The van der Waals surface area contributed by atoms with Gasteiger partial charge in [0, 0.05) is 17.9 Å². The molecule has 2 aliphatic heterocycles. The number of carbonyl (C=O) groups excluding carboxylic acids is 1. The molecule has 1 spiro atoms. The van der Waals surface area contributed by atoms with Gasteiger partial charge >= 0.3 is 5.97 Å². The number of hydrogen-bond donors (Lipinski definition) is 1. The van der Waals surface area contributed by atoms with E-state index in [2.05, 4.69) is 25.2 Å². The van der Waals surface area contributed by atoms with Crippen LogP contribution in [0.4, 0.5) is 0 Å². The quantitative estimate of drug-likeness (QED) is 0.407. The summed E-state index contributed by atoms with van der Waals surface area (Å²) < 4.78 is 23.1. The van der Waals surface area contributed by atoms with E-state index >= 15 is 0 Å². The van der Waals surface area contributed by atoms with Crippen molar-refractivity contribution in [3.63, 3.8) is 0 Å². The molecule has 0 radical (unpaired) electrons. The lowest BCUT2D eigenvalue weighted by Gasteiger charge is -2.48. The third-order valence-electron chi connectivity index (χ3n) is 8.60. The van der Waals surface area contributed by atoms with Gasteiger partial charge in [0.25, 0.3) is 0 Å². The average molecular weight is 430 g/mol. The number of fused-ring (bicyclic) bond motifs is 2. The molecule has 6 nitrogen and oxygen atoms in total. The van der Waals surface area contributed by atoms with Crippen LogP contribution in [0.1, 0.15) is 45.1 Å². The molecule has 170 valence electrons. The molecule has 0 aromatic heterocycles. The van der Waals surface area contributed by atoms with Crippen molar-refractivity contribution in [2.24, 2.45) is 23.2 Å². The maximum absolute atomic E-state index is 12.8. The molecule has 2 aliphatic carbocycles. The second-order valence-corrected chi connectivity index (χ2v) is 10.2. The summed E-state index contributed by atoms with van der Waals surface area (Å²) in [5.74, 6) is 2.07. The first-order valence-corrected chi connectivity index (χ1v) is 11.7. The lowest BCUT2D eigenvalue weighted by molar-refractivity contribution is -0.146. The molecule has 4 aliphatic rings. The maximum atomic E-state index is 12.8. The van der Waals surface area contributed by atoms with Crippen LogP contribution in [0.5, 0.6) is 11.5 Å². The third kappa shape index (κ3) is 3.17. The summed E-state index contributed by atoms with van der Waals surface area (Å²) >= 11 is 0. The van der Waals surface area contributed by atoms with Crippen LogP contribution in [0.25, 0.3) is 0 Å². The van der Waals surface area contributed by atoms with Gasteiger partial charge in [-0.15, -0.1) is 0 Å². The van der Waals surface area contributed by atoms with Crippen molar-refractivity contribution in [3.8, 4) is 11.5 Å². The lowest BCUT2D eigenvalue weighted by atomic mass is 9.53. The van der Waals surface area contributed by atoms with Gasteiger partial charge in [0.1, 0.15) is 11.7 Å². The standard InChI is InChI=1S/C25H35NO5/c1-15-6-5-10-24(2)13-20-21(22-25(15,24)31-22)17(23(27)30-20)14-26-11-9-16-7-8-18(28-3)19(12-16)29-4/h7-8,12,15,17,20-22,26H,5-6,9-11,13-14H2,1-4H3/t15-,17+,20-,21-,22+,24-,25+/m1/s1. The molecule has 0 bridgehead atoms. The van der Waals surface area contributed by atoms with Crippen LogP contribution in [0, 0.1) is 23.2 Å². The van der Waals surface area contributed by atoms with Gasteiger partial charge in [0.05, 0.1) is 26.2 Å². The van der Waals surface area contributed by atoms with E-state index in [1.165, 1.54) is 24.8 Å². The Labute approximate surface area is 185 Å². The van der Waals surface area contributed by atoms with E-state index in [0.717, 1.165) is 30.9 Å². The predicted molar refractivity (Wildman–Crippen MR) is 116 cm³/mol. The number of esters is 1. The number of benzene rings is 1. The van der Waals surface area contributed by atoms with Crippen LogP contribution in [0.3, 0.4) is 0 Å². The van der Waals surface area contributed by atoms with Gasteiger partial charge in [-0.2, -0.15) is 0 Å². The largest absolute Gasteiger partial charge is 0.493 e. The molecule has 1 N–H and O–H groups in total. The average Bonchev–Trinajstić information content (AvgIpc) is 3.44. The number of epoxide rings is 1. The zero-order valence-electron chi connectivity index (χ0n) is 19.1. The van der Waals surface area contributed by atoms with E-state index < -0.39 is 0 Å². The molecule has 5 rings (SSSR count). The highest BCUT2D eigenvalue weighted by molar-refractivity contribution is 5.76. The van der Waals surface area contributed by atoms with Gasteiger partial charge in [-0.3, -0.25) is 4.79 Å². The van der Waals surface area contributed by atoms with Crippen molar-refractivity contribution in [1.29, 1.82) is 0 Å². The molecule has 1 aromatic rings. The number of carbonyl (C=O) groups is 1. The second-order valence-electron chi connectivity index (χ2n) is 10.2. The Morgan fingerprint density at radius 2 is 2.03 bits per heavy atom. The molecule has 2 saturated heterocycles. The smallest absolute Gasteiger partial charge is 0.311 e. The summed E-state index contributed by atoms with van der Waals surface area (Å²) in [7, 11) is 3.29. The zero-order valence-corrected chi connectivity index (χ0v) is 19.1. The summed E-state index contributed by atoms with van der Waals surface area (Å²) in [6.07, 6.45) is 5.66. The van der Waals surface area contributed by atoms with Gasteiger partial charge in [-0.1, -0.05) is 26.3 Å². The van der Waals surface area contributed by atoms with Gasteiger partial charge in [0.15, 0.2) is 11.5 Å². The zero-order chi connectivity index (χ0) is 21.8. The molecule has 0 unspecified atom stereocenters. The molecular formula is C25H35NO5. The summed E-state index contributed by atoms with van der Waals surface area (Å²) in [6.45, 7) is 6.14. The molecule has 6 heteroatoms. The lowest BCUT2D eigenvalue weighted by Crippen LogP contribution is -2.54. The number of nitrogens with one attached hydrogen (secondary N) is 1. The van der Waals surface area contributed by atoms with Crippen molar-refractivity contribution < 1.29 is 23.7 Å². The van der Waals surface area contributed by atoms with Gasteiger partial charge in [-0.05, 0) is 55.8 Å². The van der Waals surface area contributed by atoms with E-state index in [-0.39, 0.29) is 41.0 Å². The molecule has 31 heavy (non-hydrogen) atoms. The fourth-order valence-electron chi connectivity index (χ4n) is 6.99. The molecule has 1 aromatic carbocycles. The first-order valence-electron chi connectivity index (χ1n) is 11.7. The molecule has 2 heterocycles. The normalized spacial score (nSPS) is 40.4. The van der Waals surface area contributed by atoms with Crippen LogP contribution in [0.15, 0.2) is 18.2 Å². The van der Waals surface area contributed by atoms with Gasteiger partial charge < -0.3 is 24.3 Å². The minimum atomic E-state index is -0.113. The van der Waals surface area contributed by atoms with Crippen molar-refractivity contribution in [3.05, 3.63) is 23.8 Å². The Balaban J connectivity index is 1.21. The number of rotatable bonds is 7. The third-order valence-corrected chi connectivity index (χ3v) is 8.60. The first-order chi connectivity index (χ1) is 14.9. The minimum absolute atomic E-state index is 0.0149. The Bertz CT molecular complexity index is 858. The number of ether oxygens (including phenoxy) is 4. The molecule has 0 amide bonds. The Kier molecular flexibility index (Phi) is 5.21. The van der Waals surface area contributed by atoms with Crippen molar-refractivity contribution >= 4 is 5.97 Å². The van der Waals surface area contributed by atoms with Crippen LogP contribution >= 0.6 is 0 Å². The van der Waals surface area contributed by atoms with Crippen LogP contribution in [0.2, 0.25) is 0 Å².